The first kappa shape index (κ1) is 21.5. The molecule has 1 N–H and O–H groups in total. The average Bonchev–Trinajstić information content (AvgIpc) is 3.26. The highest BCUT2D eigenvalue weighted by Gasteiger charge is 2.30. The number of sulfonamides is 1. The lowest BCUT2D eigenvalue weighted by atomic mass is 10.2. The molecule has 0 atom stereocenters. The van der Waals surface area contributed by atoms with E-state index in [1.165, 1.54) is 23.5 Å². The molecule has 0 bridgehead atoms. The molecule has 0 amide bonds. The highest BCUT2D eigenvalue weighted by Crippen LogP contribution is 2.30. The molecule has 2 aromatic carbocycles. The fraction of sp³-hybridized carbons (Fsp3) is 0.150. The summed E-state index contributed by atoms with van der Waals surface area (Å²) in [5, 5.41) is 0. The van der Waals surface area contributed by atoms with Crippen molar-refractivity contribution < 1.29 is 26.0 Å². The van der Waals surface area contributed by atoms with Crippen molar-refractivity contribution in [3.05, 3.63) is 76.7 Å². The first-order chi connectivity index (χ1) is 14.5. The minimum atomic E-state index is -4.54. The summed E-state index contributed by atoms with van der Waals surface area (Å²) < 4.78 is 80.2. The van der Waals surface area contributed by atoms with Gasteiger partial charge >= 0.3 is 6.18 Å². The highest BCUT2D eigenvalue weighted by molar-refractivity contribution is 7.89. The number of nitrogens with zero attached hydrogens (tertiary/aromatic N) is 2. The van der Waals surface area contributed by atoms with Gasteiger partial charge in [-0.25, -0.2) is 22.5 Å². The van der Waals surface area contributed by atoms with Crippen LogP contribution in [0.25, 0.3) is 16.2 Å². The Balaban J connectivity index is 1.52. The van der Waals surface area contributed by atoms with Gasteiger partial charge in [0.05, 0.1) is 16.2 Å². The lowest BCUT2D eigenvalue weighted by Crippen LogP contribution is -2.23. The van der Waals surface area contributed by atoms with Crippen LogP contribution >= 0.6 is 11.3 Å². The van der Waals surface area contributed by atoms with E-state index in [0.29, 0.717) is 15.5 Å². The molecule has 5 nitrogen and oxygen atoms in total. The fourth-order valence-corrected chi connectivity index (χ4v) is 5.11. The first-order valence-electron chi connectivity index (χ1n) is 8.95. The average molecular weight is 469 g/mol. The summed E-state index contributed by atoms with van der Waals surface area (Å²) in [5.74, 6) is -0.344. The van der Waals surface area contributed by atoms with Crippen LogP contribution in [0, 0.1) is 12.7 Å². The molecule has 162 valence electrons. The number of thiazole rings is 1. The molecule has 0 spiro atoms. The third kappa shape index (κ3) is 4.34. The summed E-state index contributed by atoms with van der Waals surface area (Å²) in [6, 6.07) is 9.25. The summed E-state index contributed by atoms with van der Waals surface area (Å²) in [5.41, 5.74) is 1.27. The minimum Gasteiger partial charge on any atom is -0.294 e. The van der Waals surface area contributed by atoms with Gasteiger partial charge in [0, 0.05) is 28.9 Å². The quantitative estimate of drug-likeness (QED) is 0.418. The van der Waals surface area contributed by atoms with E-state index in [2.05, 4.69) is 9.71 Å². The minimum absolute atomic E-state index is 0.0326. The van der Waals surface area contributed by atoms with Crippen LogP contribution in [0.1, 0.15) is 16.1 Å². The van der Waals surface area contributed by atoms with Crippen LogP contribution in [0.4, 0.5) is 17.6 Å². The number of rotatable bonds is 5. The van der Waals surface area contributed by atoms with E-state index < -0.39 is 21.8 Å². The second-order valence-electron chi connectivity index (χ2n) is 6.74. The Morgan fingerprint density at radius 1 is 1.06 bits per heavy atom. The first-order valence-corrected chi connectivity index (χ1v) is 11.2. The monoisotopic (exact) mass is 469 g/mol. The zero-order chi connectivity index (χ0) is 22.4. The van der Waals surface area contributed by atoms with E-state index in [9.17, 15) is 26.0 Å². The number of benzene rings is 2. The molecule has 0 radical (unpaired) electrons. The zero-order valence-corrected chi connectivity index (χ0v) is 17.6. The van der Waals surface area contributed by atoms with Gasteiger partial charge in [0.2, 0.25) is 10.0 Å². The van der Waals surface area contributed by atoms with Crippen LogP contribution in [0.2, 0.25) is 0 Å². The van der Waals surface area contributed by atoms with Crippen molar-refractivity contribution in [2.75, 3.05) is 0 Å². The van der Waals surface area contributed by atoms with Gasteiger partial charge in [0.25, 0.3) is 0 Å². The standard InChI is InChI=1S/C20H15F4N3O2S2/c1-12-18(10-25-31(28,29)16-8-4-14(5-9-16)20(22,23)24)30-19-26-17(11-27(12)19)13-2-6-15(21)7-3-13/h2-9,11,25H,10H2,1H3. The van der Waals surface area contributed by atoms with Crippen molar-refractivity contribution >= 4 is 26.3 Å². The molecule has 0 aliphatic heterocycles. The third-order valence-corrected chi connectivity index (χ3v) is 7.28. The Labute approximate surface area is 179 Å². The predicted octanol–water partition coefficient (Wildman–Crippen LogP) is 5.01. The summed E-state index contributed by atoms with van der Waals surface area (Å²) in [6.45, 7) is 1.77. The molecule has 0 aliphatic rings. The smallest absolute Gasteiger partial charge is 0.294 e. The molecule has 0 unspecified atom stereocenters. The van der Waals surface area contributed by atoms with Crippen LogP contribution in [-0.2, 0) is 22.7 Å². The summed E-state index contributed by atoms with van der Waals surface area (Å²) >= 11 is 1.29. The highest BCUT2D eigenvalue weighted by atomic mass is 32.2. The van der Waals surface area contributed by atoms with E-state index in [4.69, 9.17) is 0 Å². The number of fused-ring (bicyclic) bond motifs is 1. The van der Waals surface area contributed by atoms with Crippen LogP contribution in [0.15, 0.2) is 59.6 Å². The van der Waals surface area contributed by atoms with E-state index in [1.54, 1.807) is 25.3 Å². The Bertz CT molecular complexity index is 1340. The van der Waals surface area contributed by atoms with Crippen LogP contribution in [0.5, 0.6) is 0 Å². The van der Waals surface area contributed by atoms with Crippen molar-refractivity contribution in [2.45, 2.75) is 24.5 Å². The van der Waals surface area contributed by atoms with E-state index >= 15 is 0 Å². The number of hydrogen-bond acceptors (Lipinski definition) is 4. The van der Waals surface area contributed by atoms with Crippen molar-refractivity contribution in [2.24, 2.45) is 0 Å². The summed E-state index contributed by atoms with van der Waals surface area (Å²) in [7, 11) is -3.99. The topological polar surface area (TPSA) is 63.5 Å². The van der Waals surface area contributed by atoms with E-state index in [0.717, 1.165) is 35.5 Å². The van der Waals surface area contributed by atoms with Gasteiger partial charge in [0.1, 0.15) is 5.82 Å². The number of halogens is 4. The molecule has 0 saturated heterocycles. The summed E-state index contributed by atoms with van der Waals surface area (Å²) in [4.78, 5) is 5.60. The van der Waals surface area contributed by atoms with E-state index in [1.807, 2.05) is 4.40 Å². The Morgan fingerprint density at radius 2 is 1.71 bits per heavy atom. The van der Waals surface area contributed by atoms with Crippen LogP contribution in [0.3, 0.4) is 0 Å². The second kappa shape index (κ2) is 7.74. The molecule has 2 heterocycles. The molecule has 31 heavy (non-hydrogen) atoms. The Kier molecular flexibility index (Phi) is 5.36. The number of aromatic nitrogens is 2. The molecule has 0 fully saturated rings. The Hall–Kier alpha value is -2.76. The fourth-order valence-electron chi connectivity index (χ4n) is 2.98. The number of alkyl halides is 3. The number of nitrogens with one attached hydrogen (secondary N) is 1. The van der Waals surface area contributed by atoms with Gasteiger partial charge in [-0.05, 0) is 55.5 Å². The van der Waals surface area contributed by atoms with Crippen molar-refractivity contribution in [3.63, 3.8) is 0 Å². The molecular weight excluding hydrogens is 454 g/mol. The van der Waals surface area contributed by atoms with Crippen molar-refractivity contribution in [1.82, 2.24) is 14.1 Å². The lowest BCUT2D eigenvalue weighted by molar-refractivity contribution is -0.137. The predicted molar refractivity (Wildman–Crippen MR) is 109 cm³/mol. The molecule has 4 rings (SSSR count). The molecule has 4 aromatic rings. The SMILES string of the molecule is Cc1c(CNS(=O)(=O)c2ccc(C(F)(F)F)cc2)sc2nc(-c3ccc(F)cc3)cn12. The largest absolute Gasteiger partial charge is 0.416 e. The van der Waals surface area contributed by atoms with Gasteiger partial charge in [-0.2, -0.15) is 13.2 Å². The molecule has 0 saturated carbocycles. The van der Waals surface area contributed by atoms with Crippen molar-refractivity contribution in [3.8, 4) is 11.3 Å². The van der Waals surface area contributed by atoms with Gasteiger partial charge in [-0.1, -0.05) is 11.3 Å². The molecule has 11 heteroatoms. The molecule has 0 aliphatic carbocycles. The molecule has 2 aromatic heterocycles. The molecular formula is C20H15F4N3O2S2. The Morgan fingerprint density at radius 3 is 2.29 bits per heavy atom. The van der Waals surface area contributed by atoms with Crippen LogP contribution < -0.4 is 4.72 Å². The maximum Gasteiger partial charge on any atom is 0.416 e. The lowest BCUT2D eigenvalue weighted by Gasteiger charge is -2.09. The number of aryl methyl sites for hydroxylation is 1. The van der Waals surface area contributed by atoms with Gasteiger partial charge < -0.3 is 0 Å². The number of imidazole rings is 1. The van der Waals surface area contributed by atoms with Crippen LogP contribution in [-0.4, -0.2) is 17.8 Å². The number of hydrogen-bond donors (Lipinski definition) is 1. The maximum absolute atomic E-state index is 13.1. The second-order valence-corrected chi connectivity index (χ2v) is 9.57. The van der Waals surface area contributed by atoms with Gasteiger partial charge in [-0.15, -0.1) is 0 Å². The van der Waals surface area contributed by atoms with Crippen molar-refractivity contribution in [1.29, 1.82) is 0 Å². The maximum atomic E-state index is 13.1. The normalized spacial score (nSPS) is 12.5. The summed E-state index contributed by atoms with van der Waals surface area (Å²) in [6.07, 6.45) is -2.76. The van der Waals surface area contributed by atoms with E-state index in [-0.39, 0.29) is 17.3 Å². The van der Waals surface area contributed by atoms with Gasteiger partial charge in [-0.3, -0.25) is 4.40 Å². The van der Waals surface area contributed by atoms with Gasteiger partial charge in [0.15, 0.2) is 4.96 Å². The zero-order valence-electron chi connectivity index (χ0n) is 15.9. The third-order valence-electron chi connectivity index (χ3n) is 4.71.